The molecule has 0 aliphatic carbocycles. The molecule has 1 unspecified atom stereocenters. The lowest BCUT2D eigenvalue weighted by Crippen LogP contribution is -2.65. The summed E-state index contributed by atoms with van der Waals surface area (Å²) < 4.78 is 5.24. The molecular formula is C32H60N4O5. The van der Waals surface area contributed by atoms with E-state index >= 15 is 0 Å². The van der Waals surface area contributed by atoms with E-state index in [9.17, 15) is 19.2 Å². The lowest BCUT2D eigenvalue weighted by molar-refractivity contribution is -0.142. The van der Waals surface area contributed by atoms with Crippen molar-refractivity contribution >= 4 is 23.9 Å². The zero-order chi connectivity index (χ0) is 30.9. The first kappa shape index (κ1) is 36.7. The van der Waals surface area contributed by atoms with Crippen LogP contribution in [-0.4, -0.2) is 70.6 Å². The lowest BCUT2D eigenvalue weighted by Gasteiger charge is -2.44. The molecular weight excluding hydrogens is 520 g/mol. The third-order valence-corrected chi connectivity index (χ3v) is 7.23. The molecule has 1 heterocycles. The highest BCUT2D eigenvalue weighted by Crippen LogP contribution is 2.26. The van der Waals surface area contributed by atoms with Gasteiger partial charge in [-0.3, -0.25) is 14.5 Å². The average Bonchev–Trinajstić information content (AvgIpc) is 2.85. The van der Waals surface area contributed by atoms with Gasteiger partial charge in [-0.2, -0.15) is 0 Å². The molecule has 41 heavy (non-hydrogen) atoms. The van der Waals surface area contributed by atoms with E-state index in [-0.39, 0.29) is 24.3 Å². The molecule has 2 N–H and O–H groups in total. The Morgan fingerprint density at radius 1 is 0.756 bits per heavy atom. The summed E-state index contributed by atoms with van der Waals surface area (Å²) in [5.41, 5.74) is -1.18. The monoisotopic (exact) mass is 580 g/mol. The van der Waals surface area contributed by atoms with E-state index in [4.69, 9.17) is 4.74 Å². The SMILES string of the molecule is CCCCCCCCCCCCNC(=O)C1CC(=O)N(C(C)(C)C)C(=O)N1CCCCCCNC(=O)OC(C)(C)C. The third kappa shape index (κ3) is 15.5. The first-order valence-corrected chi connectivity index (χ1v) is 16.2. The summed E-state index contributed by atoms with van der Waals surface area (Å²) in [5.74, 6) is -0.538. The van der Waals surface area contributed by atoms with Crippen LogP contribution in [0.25, 0.3) is 0 Å². The molecule has 0 aromatic heterocycles. The van der Waals surface area contributed by atoms with Crippen molar-refractivity contribution in [3.63, 3.8) is 0 Å². The molecule has 238 valence electrons. The van der Waals surface area contributed by atoms with Crippen molar-refractivity contribution < 1.29 is 23.9 Å². The number of rotatable bonds is 19. The van der Waals surface area contributed by atoms with Crippen LogP contribution in [-0.2, 0) is 14.3 Å². The predicted molar refractivity (Wildman–Crippen MR) is 165 cm³/mol. The molecule has 1 aliphatic rings. The molecule has 0 radical (unpaired) electrons. The van der Waals surface area contributed by atoms with Crippen LogP contribution < -0.4 is 10.6 Å². The maximum atomic E-state index is 13.4. The van der Waals surface area contributed by atoms with Crippen LogP contribution in [0, 0.1) is 0 Å². The fourth-order valence-corrected chi connectivity index (χ4v) is 5.09. The Bertz CT molecular complexity index is 803. The number of urea groups is 1. The van der Waals surface area contributed by atoms with Crippen LogP contribution in [0.2, 0.25) is 0 Å². The van der Waals surface area contributed by atoms with E-state index in [1.54, 1.807) is 4.90 Å². The summed E-state index contributed by atoms with van der Waals surface area (Å²) in [6, 6.07) is -1.16. The predicted octanol–water partition coefficient (Wildman–Crippen LogP) is 6.93. The Morgan fingerprint density at radius 2 is 1.24 bits per heavy atom. The van der Waals surface area contributed by atoms with Crippen LogP contribution in [0.15, 0.2) is 0 Å². The number of imide groups is 1. The van der Waals surface area contributed by atoms with Gasteiger partial charge in [-0.05, 0) is 60.8 Å². The summed E-state index contributed by atoms with van der Waals surface area (Å²) in [7, 11) is 0. The second-order valence-electron chi connectivity index (χ2n) is 13.4. The normalized spacial score (nSPS) is 16.2. The van der Waals surface area contributed by atoms with E-state index in [2.05, 4.69) is 17.6 Å². The Hall–Kier alpha value is -2.32. The number of carbonyl (C=O) groups excluding carboxylic acids is 4. The van der Waals surface area contributed by atoms with Crippen molar-refractivity contribution in [3.8, 4) is 0 Å². The van der Waals surface area contributed by atoms with Gasteiger partial charge in [0.25, 0.3) is 0 Å². The smallest absolute Gasteiger partial charge is 0.407 e. The molecule has 1 fully saturated rings. The minimum absolute atomic E-state index is 0.00663. The summed E-state index contributed by atoms with van der Waals surface area (Å²) in [4.78, 5) is 54.1. The number of nitrogens with one attached hydrogen (secondary N) is 2. The van der Waals surface area contributed by atoms with E-state index < -0.39 is 23.3 Å². The van der Waals surface area contributed by atoms with Crippen LogP contribution in [0.3, 0.4) is 0 Å². The number of nitrogens with zero attached hydrogens (tertiary/aromatic N) is 2. The summed E-state index contributed by atoms with van der Waals surface area (Å²) >= 11 is 0. The maximum absolute atomic E-state index is 13.4. The first-order chi connectivity index (χ1) is 19.3. The van der Waals surface area contributed by atoms with Gasteiger partial charge >= 0.3 is 12.1 Å². The van der Waals surface area contributed by atoms with Crippen LogP contribution in [0.5, 0.6) is 0 Å². The second-order valence-corrected chi connectivity index (χ2v) is 13.4. The number of alkyl carbamates (subject to hydrolysis) is 1. The Labute approximate surface area is 249 Å². The average molecular weight is 581 g/mol. The van der Waals surface area contributed by atoms with Gasteiger partial charge in [0, 0.05) is 25.2 Å². The van der Waals surface area contributed by atoms with Crippen molar-refractivity contribution in [3.05, 3.63) is 0 Å². The Balaban J connectivity index is 2.48. The molecule has 1 saturated heterocycles. The molecule has 5 amide bonds. The number of amides is 5. The number of hydrogen-bond donors (Lipinski definition) is 2. The van der Waals surface area contributed by atoms with Gasteiger partial charge in [-0.25, -0.2) is 9.59 Å². The zero-order valence-electron chi connectivity index (χ0n) is 27.2. The summed E-state index contributed by atoms with van der Waals surface area (Å²) in [6.45, 7) is 14.7. The van der Waals surface area contributed by atoms with E-state index in [1.165, 1.54) is 56.3 Å². The van der Waals surface area contributed by atoms with Gasteiger partial charge in [-0.1, -0.05) is 77.6 Å². The largest absolute Gasteiger partial charge is 0.444 e. The van der Waals surface area contributed by atoms with Crippen molar-refractivity contribution in [2.45, 2.75) is 162 Å². The number of hydrogen-bond acceptors (Lipinski definition) is 5. The zero-order valence-corrected chi connectivity index (χ0v) is 27.2. The van der Waals surface area contributed by atoms with Crippen LogP contribution in [0.4, 0.5) is 9.59 Å². The standard InChI is InChI=1S/C32H60N4O5/c1-8-9-10-11-12-13-14-15-16-19-22-33-28(38)26-25-27(37)36(31(2,3)4)30(40)35(26)24-21-18-17-20-23-34-29(39)41-32(5,6)7/h26H,8-25H2,1-7H3,(H,33,38)(H,34,39). The molecule has 9 heteroatoms. The molecule has 0 spiro atoms. The highest BCUT2D eigenvalue weighted by atomic mass is 16.6. The van der Waals surface area contributed by atoms with Gasteiger partial charge in [-0.15, -0.1) is 0 Å². The van der Waals surface area contributed by atoms with Gasteiger partial charge in [0.2, 0.25) is 11.8 Å². The van der Waals surface area contributed by atoms with E-state index in [1.807, 2.05) is 41.5 Å². The van der Waals surface area contributed by atoms with E-state index in [0.29, 0.717) is 26.1 Å². The summed E-state index contributed by atoms with van der Waals surface area (Å²) in [6.07, 6.45) is 15.1. The van der Waals surface area contributed by atoms with Crippen LogP contribution >= 0.6 is 0 Å². The van der Waals surface area contributed by atoms with Crippen LogP contribution in [0.1, 0.15) is 145 Å². The molecule has 0 aromatic carbocycles. The maximum Gasteiger partial charge on any atom is 0.407 e. The minimum atomic E-state index is -0.773. The molecule has 1 atom stereocenters. The fraction of sp³-hybridized carbons (Fsp3) is 0.875. The third-order valence-electron chi connectivity index (χ3n) is 7.23. The molecule has 0 bridgehead atoms. The van der Waals surface area contributed by atoms with Crippen molar-refractivity contribution in [2.75, 3.05) is 19.6 Å². The molecule has 1 aliphatic heterocycles. The van der Waals surface area contributed by atoms with E-state index in [0.717, 1.165) is 32.1 Å². The Morgan fingerprint density at radius 3 is 1.76 bits per heavy atom. The number of carbonyl (C=O) groups is 4. The summed E-state index contributed by atoms with van der Waals surface area (Å²) in [5, 5.41) is 5.75. The van der Waals surface area contributed by atoms with Gasteiger partial charge < -0.3 is 20.3 Å². The highest BCUT2D eigenvalue weighted by molar-refractivity contribution is 6.03. The first-order valence-electron chi connectivity index (χ1n) is 16.2. The number of ether oxygens (including phenoxy) is 1. The topological polar surface area (TPSA) is 108 Å². The lowest BCUT2D eigenvalue weighted by atomic mass is 10.00. The van der Waals surface area contributed by atoms with Crippen molar-refractivity contribution in [2.24, 2.45) is 0 Å². The Kier molecular flexibility index (Phi) is 17.0. The fourth-order valence-electron chi connectivity index (χ4n) is 5.09. The molecule has 0 aromatic rings. The van der Waals surface area contributed by atoms with Gasteiger partial charge in [0.05, 0.1) is 6.42 Å². The van der Waals surface area contributed by atoms with Crippen molar-refractivity contribution in [1.29, 1.82) is 0 Å². The quantitative estimate of drug-likeness (QED) is 0.161. The van der Waals surface area contributed by atoms with Gasteiger partial charge in [0.1, 0.15) is 11.6 Å². The van der Waals surface area contributed by atoms with Crippen molar-refractivity contribution in [1.82, 2.24) is 20.4 Å². The van der Waals surface area contributed by atoms with Gasteiger partial charge in [0.15, 0.2) is 0 Å². The minimum Gasteiger partial charge on any atom is -0.444 e. The molecule has 9 nitrogen and oxygen atoms in total. The second kappa shape index (κ2) is 19.0. The molecule has 1 rings (SSSR count). The number of unbranched alkanes of at least 4 members (excludes halogenated alkanes) is 12. The molecule has 0 saturated carbocycles. The highest BCUT2D eigenvalue weighted by Gasteiger charge is 2.45.